The Labute approximate surface area is 93.6 Å². The summed E-state index contributed by atoms with van der Waals surface area (Å²) in [5.74, 6) is 0.00852. The summed E-state index contributed by atoms with van der Waals surface area (Å²) < 4.78 is 0. The van der Waals surface area contributed by atoms with E-state index in [1.54, 1.807) is 6.08 Å². The van der Waals surface area contributed by atoms with Gasteiger partial charge in [-0.15, -0.1) is 6.58 Å². The van der Waals surface area contributed by atoms with E-state index >= 15 is 0 Å². The molecule has 0 bridgehead atoms. The van der Waals surface area contributed by atoms with Gasteiger partial charge in [-0.05, 0) is 40.0 Å². The molecule has 0 N–H and O–H groups in total. The second-order valence-corrected chi connectivity index (χ2v) is 4.16. The van der Waals surface area contributed by atoms with Gasteiger partial charge in [-0.1, -0.05) is 29.4 Å². The van der Waals surface area contributed by atoms with E-state index in [0.29, 0.717) is 0 Å². The highest BCUT2D eigenvalue weighted by Gasteiger charge is 2.00. The zero-order valence-corrected chi connectivity index (χ0v) is 10.1. The van der Waals surface area contributed by atoms with Crippen LogP contribution >= 0.6 is 0 Å². The van der Waals surface area contributed by atoms with E-state index in [1.165, 1.54) is 11.1 Å². The second-order valence-electron chi connectivity index (χ2n) is 4.16. The van der Waals surface area contributed by atoms with Crippen molar-refractivity contribution in [1.29, 1.82) is 0 Å². The van der Waals surface area contributed by atoms with Gasteiger partial charge in [0.25, 0.3) is 0 Å². The summed E-state index contributed by atoms with van der Waals surface area (Å²) in [5, 5.41) is 0. The molecule has 0 amide bonds. The minimum Gasteiger partial charge on any atom is -0.303 e. The summed E-state index contributed by atoms with van der Waals surface area (Å²) in [4.78, 5) is 10.7. The Balaban J connectivity index is 4.10. The van der Waals surface area contributed by atoms with Gasteiger partial charge in [0.1, 0.15) is 6.29 Å². The van der Waals surface area contributed by atoms with E-state index in [9.17, 15) is 4.79 Å². The molecule has 0 spiro atoms. The van der Waals surface area contributed by atoms with Crippen LogP contribution in [-0.4, -0.2) is 6.29 Å². The fourth-order valence-electron chi connectivity index (χ4n) is 1.39. The SMILES string of the molecule is C=CCC(C=O)/C=C(/C)CCC=C(C)C. The third-order valence-corrected chi connectivity index (χ3v) is 2.20. The van der Waals surface area contributed by atoms with Gasteiger partial charge in [-0.3, -0.25) is 0 Å². The molecule has 1 atom stereocenters. The molecule has 0 fully saturated rings. The Morgan fingerprint density at radius 3 is 2.47 bits per heavy atom. The largest absolute Gasteiger partial charge is 0.303 e. The fraction of sp³-hybridized carbons (Fsp3) is 0.500. The van der Waals surface area contributed by atoms with Crippen LogP contribution in [0.2, 0.25) is 0 Å². The van der Waals surface area contributed by atoms with Crippen LogP contribution < -0.4 is 0 Å². The topological polar surface area (TPSA) is 17.1 Å². The summed E-state index contributed by atoms with van der Waals surface area (Å²) in [7, 11) is 0. The normalized spacial score (nSPS) is 13.1. The lowest BCUT2D eigenvalue weighted by atomic mass is 10.0. The maximum atomic E-state index is 10.7. The number of aldehydes is 1. The molecule has 84 valence electrons. The third kappa shape index (κ3) is 7.92. The highest BCUT2D eigenvalue weighted by atomic mass is 16.1. The van der Waals surface area contributed by atoms with Crippen molar-refractivity contribution < 1.29 is 4.79 Å². The van der Waals surface area contributed by atoms with Crippen molar-refractivity contribution in [3.05, 3.63) is 36.0 Å². The lowest BCUT2D eigenvalue weighted by Crippen LogP contribution is -1.96. The zero-order valence-electron chi connectivity index (χ0n) is 10.1. The first kappa shape index (κ1) is 13.9. The molecule has 0 saturated heterocycles. The van der Waals surface area contributed by atoms with Gasteiger partial charge >= 0.3 is 0 Å². The summed E-state index contributed by atoms with van der Waals surface area (Å²) >= 11 is 0. The Morgan fingerprint density at radius 2 is 2.00 bits per heavy atom. The fourth-order valence-corrected chi connectivity index (χ4v) is 1.39. The van der Waals surface area contributed by atoms with Crippen molar-refractivity contribution in [3.8, 4) is 0 Å². The molecular formula is C14H22O. The van der Waals surface area contributed by atoms with Gasteiger partial charge in [0.2, 0.25) is 0 Å². The van der Waals surface area contributed by atoms with Gasteiger partial charge in [0.15, 0.2) is 0 Å². The number of carbonyl (C=O) groups excluding carboxylic acids is 1. The quantitative estimate of drug-likeness (QED) is 0.453. The van der Waals surface area contributed by atoms with Crippen molar-refractivity contribution >= 4 is 6.29 Å². The number of rotatable bonds is 7. The number of hydrogen-bond acceptors (Lipinski definition) is 1. The number of allylic oxidation sites excluding steroid dienone is 5. The molecule has 0 aromatic heterocycles. The molecule has 1 unspecified atom stereocenters. The van der Waals surface area contributed by atoms with Gasteiger partial charge < -0.3 is 4.79 Å². The smallest absolute Gasteiger partial charge is 0.127 e. The minimum atomic E-state index is 0.00852. The Kier molecular flexibility index (Phi) is 7.61. The molecule has 0 saturated carbocycles. The van der Waals surface area contributed by atoms with E-state index in [2.05, 4.69) is 33.4 Å². The molecule has 0 aromatic rings. The number of hydrogen-bond donors (Lipinski definition) is 0. The van der Waals surface area contributed by atoms with Crippen molar-refractivity contribution in [2.45, 2.75) is 40.0 Å². The van der Waals surface area contributed by atoms with Crippen LogP contribution in [0, 0.1) is 5.92 Å². The molecule has 0 aliphatic rings. The molecule has 0 radical (unpaired) electrons. The predicted octanol–water partition coefficient (Wildman–Crippen LogP) is 4.07. The highest BCUT2D eigenvalue weighted by Crippen LogP contribution is 2.11. The lowest BCUT2D eigenvalue weighted by Gasteiger charge is -2.04. The van der Waals surface area contributed by atoms with Crippen molar-refractivity contribution in [2.75, 3.05) is 0 Å². The monoisotopic (exact) mass is 206 g/mol. The second kappa shape index (κ2) is 8.22. The summed E-state index contributed by atoms with van der Waals surface area (Å²) in [6.45, 7) is 9.93. The molecular weight excluding hydrogens is 184 g/mol. The summed E-state index contributed by atoms with van der Waals surface area (Å²) in [6.07, 6.45) is 9.89. The van der Waals surface area contributed by atoms with Crippen molar-refractivity contribution in [2.24, 2.45) is 5.92 Å². The first-order chi connectivity index (χ1) is 7.10. The van der Waals surface area contributed by atoms with Crippen LogP contribution in [-0.2, 0) is 4.79 Å². The maximum Gasteiger partial charge on any atom is 0.127 e. The van der Waals surface area contributed by atoms with E-state index in [1.807, 2.05) is 6.08 Å². The third-order valence-electron chi connectivity index (χ3n) is 2.20. The van der Waals surface area contributed by atoms with Crippen LogP contribution in [0.25, 0.3) is 0 Å². The van der Waals surface area contributed by atoms with Crippen LogP contribution in [0.3, 0.4) is 0 Å². The van der Waals surface area contributed by atoms with Gasteiger partial charge in [-0.2, -0.15) is 0 Å². The van der Waals surface area contributed by atoms with Crippen LogP contribution in [0.1, 0.15) is 40.0 Å². The van der Waals surface area contributed by atoms with E-state index in [4.69, 9.17) is 0 Å². The maximum absolute atomic E-state index is 10.7. The molecule has 1 heteroatoms. The number of carbonyl (C=O) groups is 1. The van der Waals surface area contributed by atoms with Crippen LogP contribution in [0.5, 0.6) is 0 Å². The molecule has 15 heavy (non-hydrogen) atoms. The average Bonchev–Trinajstić information content (AvgIpc) is 2.16. The van der Waals surface area contributed by atoms with Crippen LogP contribution in [0.4, 0.5) is 0 Å². The van der Waals surface area contributed by atoms with E-state index in [0.717, 1.165) is 25.5 Å². The Morgan fingerprint density at radius 1 is 1.33 bits per heavy atom. The highest BCUT2D eigenvalue weighted by molar-refractivity contribution is 5.57. The minimum absolute atomic E-state index is 0.00852. The van der Waals surface area contributed by atoms with Crippen molar-refractivity contribution in [3.63, 3.8) is 0 Å². The molecule has 0 aliphatic carbocycles. The Bertz CT molecular complexity index is 255. The van der Waals surface area contributed by atoms with Gasteiger partial charge in [-0.25, -0.2) is 0 Å². The zero-order chi connectivity index (χ0) is 11.7. The van der Waals surface area contributed by atoms with Crippen LogP contribution in [0.15, 0.2) is 36.0 Å². The molecule has 0 heterocycles. The predicted molar refractivity (Wildman–Crippen MR) is 66.8 cm³/mol. The van der Waals surface area contributed by atoms with Crippen molar-refractivity contribution in [1.82, 2.24) is 0 Å². The molecule has 0 aliphatic heterocycles. The van der Waals surface area contributed by atoms with Gasteiger partial charge in [0.05, 0.1) is 0 Å². The average molecular weight is 206 g/mol. The Hall–Kier alpha value is -1.11. The summed E-state index contributed by atoms with van der Waals surface area (Å²) in [5.41, 5.74) is 2.63. The standard InChI is InChI=1S/C14H22O/c1-5-7-14(11-15)10-13(4)9-6-8-12(2)3/h5,8,10-11,14H,1,6-7,9H2,2-4H3/b13-10-. The van der Waals surface area contributed by atoms with E-state index in [-0.39, 0.29) is 5.92 Å². The molecule has 0 rings (SSSR count). The summed E-state index contributed by atoms with van der Waals surface area (Å²) in [6, 6.07) is 0. The first-order valence-electron chi connectivity index (χ1n) is 5.47. The molecule has 1 nitrogen and oxygen atoms in total. The van der Waals surface area contributed by atoms with E-state index < -0.39 is 0 Å². The lowest BCUT2D eigenvalue weighted by molar-refractivity contribution is -0.109. The first-order valence-corrected chi connectivity index (χ1v) is 5.47. The van der Waals surface area contributed by atoms with Gasteiger partial charge in [0, 0.05) is 5.92 Å². The molecule has 0 aromatic carbocycles.